The third kappa shape index (κ3) is 4.25. The Kier molecular flexibility index (Phi) is 5.31. The zero-order valence-corrected chi connectivity index (χ0v) is 13.4. The van der Waals surface area contributed by atoms with Crippen LogP contribution in [0.4, 0.5) is 8.78 Å². The van der Waals surface area contributed by atoms with Crippen molar-refractivity contribution in [2.24, 2.45) is 0 Å². The number of para-hydroxylation sites is 1. The molecule has 1 N–H and O–H groups in total. The molecule has 0 saturated carbocycles. The Morgan fingerprint density at radius 2 is 1.90 bits per heavy atom. The summed E-state index contributed by atoms with van der Waals surface area (Å²) in [4.78, 5) is 0. The predicted octanol–water partition coefficient (Wildman–Crippen LogP) is 5.02. The Bertz CT molecular complexity index is 632. The molecular weight excluding hydrogens is 340 g/mol. The van der Waals surface area contributed by atoms with Crippen LogP contribution in [0, 0.1) is 11.6 Å². The van der Waals surface area contributed by atoms with Crippen molar-refractivity contribution in [3.05, 3.63) is 58.1 Å². The van der Waals surface area contributed by atoms with Crippen LogP contribution < -0.4 is 10.1 Å². The highest BCUT2D eigenvalue weighted by Crippen LogP contribution is 2.30. The molecule has 0 bridgehead atoms. The van der Waals surface area contributed by atoms with Crippen molar-refractivity contribution in [3.8, 4) is 11.5 Å². The summed E-state index contributed by atoms with van der Waals surface area (Å²) >= 11 is 3.09. The number of halogens is 3. The summed E-state index contributed by atoms with van der Waals surface area (Å²) in [6.45, 7) is 4.51. The van der Waals surface area contributed by atoms with E-state index in [0.29, 0.717) is 17.9 Å². The molecule has 0 atom stereocenters. The lowest BCUT2D eigenvalue weighted by Crippen LogP contribution is -2.22. The largest absolute Gasteiger partial charge is 0.454 e. The van der Waals surface area contributed by atoms with Crippen LogP contribution in [0.1, 0.15) is 19.4 Å². The van der Waals surface area contributed by atoms with Gasteiger partial charge in [0.15, 0.2) is 11.6 Å². The Morgan fingerprint density at radius 1 is 1.14 bits per heavy atom. The smallest absolute Gasteiger partial charge is 0.167 e. The van der Waals surface area contributed by atoms with Gasteiger partial charge in [-0.15, -0.1) is 0 Å². The van der Waals surface area contributed by atoms with E-state index >= 15 is 0 Å². The molecule has 2 aromatic rings. The first-order valence-corrected chi connectivity index (χ1v) is 7.40. The lowest BCUT2D eigenvalue weighted by Gasteiger charge is -2.14. The topological polar surface area (TPSA) is 21.3 Å². The zero-order chi connectivity index (χ0) is 15.4. The number of hydrogen-bond acceptors (Lipinski definition) is 2. The van der Waals surface area contributed by atoms with E-state index in [1.165, 1.54) is 24.3 Å². The first kappa shape index (κ1) is 15.9. The molecule has 0 aliphatic rings. The monoisotopic (exact) mass is 355 g/mol. The van der Waals surface area contributed by atoms with Gasteiger partial charge in [0.1, 0.15) is 11.6 Å². The molecule has 2 nitrogen and oxygen atoms in total. The van der Waals surface area contributed by atoms with Gasteiger partial charge in [0.2, 0.25) is 0 Å². The van der Waals surface area contributed by atoms with Crippen LogP contribution in [0.25, 0.3) is 0 Å². The summed E-state index contributed by atoms with van der Waals surface area (Å²) in [6.07, 6.45) is 0. The van der Waals surface area contributed by atoms with Crippen molar-refractivity contribution in [1.82, 2.24) is 5.32 Å². The number of benzene rings is 2. The summed E-state index contributed by atoms with van der Waals surface area (Å²) in [6, 6.07) is 9.26. The van der Waals surface area contributed by atoms with Crippen LogP contribution in [-0.2, 0) is 6.54 Å². The van der Waals surface area contributed by atoms with Crippen molar-refractivity contribution >= 4 is 15.9 Å². The van der Waals surface area contributed by atoms with Crippen LogP contribution in [0.15, 0.2) is 40.9 Å². The number of rotatable bonds is 5. The molecule has 21 heavy (non-hydrogen) atoms. The molecule has 0 saturated heterocycles. The van der Waals surface area contributed by atoms with Gasteiger partial charge in [-0.3, -0.25) is 0 Å². The summed E-state index contributed by atoms with van der Waals surface area (Å²) in [5.41, 5.74) is 0.712. The Hall–Kier alpha value is -1.46. The molecule has 0 unspecified atom stereocenters. The molecule has 0 fully saturated rings. The van der Waals surface area contributed by atoms with Crippen LogP contribution in [0.2, 0.25) is 0 Å². The second-order valence-electron chi connectivity index (χ2n) is 4.94. The van der Waals surface area contributed by atoms with Gasteiger partial charge in [0.25, 0.3) is 0 Å². The van der Waals surface area contributed by atoms with E-state index in [4.69, 9.17) is 4.74 Å². The van der Waals surface area contributed by atoms with E-state index in [0.717, 1.165) is 0 Å². The van der Waals surface area contributed by atoms with Crippen molar-refractivity contribution in [2.75, 3.05) is 0 Å². The average molecular weight is 356 g/mol. The van der Waals surface area contributed by atoms with Crippen LogP contribution in [0.5, 0.6) is 11.5 Å². The maximum Gasteiger partial charge on any atom is 0.167 e. The van der Waals surface area contributed by atoms with E-state index in [2.05, 4.69) is 21.2 Å². The zero-order valence-electron chi connectivity index (χ0n) is 11.8. The Balaban J connectivity index is 2.27. The molecule has 2 rings (SSSR count). The third-order valence-corrected chi connectivity index (χ3v) is 3.47. The van der Waals surface area contributed by atoms with E-state index in [9.17, 15) is 8.78 Å². The highest BCUT2D eigenvalue weighted by Gasteiger charge is 2.12. The minimum absolute atomic E-state index is 0.157. The third-order valence-electron chi connectivity index (χ3n) is 2.86. The second-order valence-corrected chi connectivity index (χ2v) is 5.80. The van der Waals surface area contributed by atoms with Crippen molar-refractivity contribution in [1.29, 1.82) is 0 Å². The lowest BCUT2D eigenvalue weighted by atomic mass is 10.2. The predicted molar refractivity (Wildman–Crippen MR) is 82.5 cm³/mol. The Morgan fingerprint density at radius 3 is 2.57 bits per heavy atom. The van der Waals surface area contributed by atoms with Gasteiger partial charge >= 0.3 is 0 Å². The standard InChI is InChI=1S/C16H16BrF2NO/c1-10(2)20-9-11-4-3-5-15(19)16(11)21-12-6-7-14(18)13(17)8-12/h3-8,10,20H,9H2,1-2H3. The van der Waals surface area contributed by atoms with E-state index in [-0.39, 0.29) is 16.3 Å². The van der Waals surface area contributed by atoms with E-state index in [1.807, 2.05) is 13.8 Å². The van der Waals surface area contributed by atoms with Crippen molar-refractivity contribution in [2.45, 2.75) is 26.4 Å². The molecule has 112 valence electrons. The van der Waals surface area contributed by atoms with Crippen LogP contribution in [-0.4, -0.2) is 6.04 Å². The number of nitrogens with one attached hydrogen (secondary N) is 1. The summed E-state index contributed by atoms with van der Waals surface area (Å²) in [5, 5.41) is 3.22. The first-order valence-electron chi connectivity index (χ1n) is 6.61. The SMILES string of the molecule is CC(C)NCc1cccc(F)c1Oc1ccc(F)c(Br)c1. The minimum Gasteiger partial charge on any atom is -0.454 e. The molecule has 0 spiro atoms. The summed E-state index contributed by atoms with van der Waals surface area (Å²) < 4.78 is 33.1. The summed E-state index contributed by atoms with van der Waals surface area (Å²) in [7, 11) is 0. The highest BCUT2D eigenvalue weighted by atomic mass is 79.9. The molecule has 0 heterocycles. The fraction of sp³-hybridized carbons (Fsp3) is 0.250. The van der Waals surface area contributed by atoms with E-state index < -0.39 is 11.6 Å². The van der Waals surface area contributed by atoms with Gasteiger partial charge in [-0.2, -0.15) is 0 Å². The quantitative estimate of drug-likeness (QED) is 0.813. The molecule has 2 aromatic carbocycles. The van der Waals surface area contributed by atoms with Crippen molar-refractivity contribution in [3.63, 3.8) is 0 Å². The molecule has 5 heteroatoms. The average Bonchev–Trinajstić information content (AvgIpc) is 2.43. The van der Waals surface area contributed by atoms with Gasteiger partial charge in [-0.1, -0.05) is 26.0 Å². The number of ether oxygens (including phenoxy) is 1. The maximum absolute atomic E-state index is 14.0. The fourth-order valence-electron chi connectivity index (χ4n) is 1.78. The molecule has 0 aliphatic heterocycles. The van der Waals surface area contributed by atoms with Gasteiger partial charge < -0.3 is 10.1 Å². The molecule has 0 amide bonds. The lowest BCUT2D eigenvalue weighted by molar-refractivity contribution is 0.430. The molecule has 0 radical (unpaired) electrons. The molecule has 0 aromatic heterocycles. The molecule has 0 aliphatic carbocycles. The van der Waals surface area contributed by atoms with Gasteiger partial charge in [0, 0.05) is 18.2 Å². The minimum atomic E-state index is -0.446. The maximum atomic E-state index is 14.0. The van der Waals surface area contributed by atoms with Gasteiger partial charge in [-0.05, 0) is 40.2 Å². The first-order chi connectivity index (χ1) is 9.97. The van der Waals surface area contributed by atoms with Crippen LogP contribution in [0.3, 0.4) is 0 Å². The highest BCUT2D eigenvalue weighted by molar-refractivity contribution is 9.10. The second kappa shape index (κ2) is 7.00. The fourth-order valence-corrected chi connectivity index (χ4v) is 2.14. The number of hydrogen-bond donors (Lipinski definition) is 1. The van der Waals surface area contributed by atoms with Crippen LogP contribution >= 0.6 is 15.9 Å². The summed E-state index contributed by atoms with van der Waals surface area (Å²) in [5.74, 6) is -0.306. The Labute approximate surface area is 131 Å². The van der Waals surface area contributed by atoms with E-state index in [1.54, 1.807) is 12.1 Å². The normalized spacial score (nSPS) is 11.0. The van der Waals surface area contributed by atoms with Gasteiger partial charge in [-0.25, -0.2) is 8.78 Å². The van der Waals surface area contributed by atoms with Crippen molar-refractivity contribution < 1.29 is 13.5 Å². The molecular formula is C16H16BrF2NO. The van der Waals surface area contributed by atoms with Gasteiger partial charge in [0.05, 0.1) is 4.47 Å².